The quantitative estimate of drug-likeness (QED) is 0.758. The van der Waals surface area contributed by atoms with Gasteiger partial charge in [0.15, 0.2) is 0 Å². The van der Waals surface area contributed by atoms with Gasteiger partial charge in [-0.05, 0) is 36.2 Å². The monoisotopic (exact) mass is 310 g/mol. The first-order valence-corrected chi connectivity index (χ1v) is 8.11. The minimum Gasteiger partial charge on any atom is -0.390 e. The van der Waals surface area contributed by atoms with Crippen LogP contribution in [0.4, 0.5) is 5.00 Å². The predicted molar refractivity (Wildman–Crippen MR) is 94.3 cm³/mol. The molecule has 0 unspecified atom stereocenters. The molecule has 0 aliphatic rings. The Kier molecular flexibility index (Phi) is 3.86. The SMILES string of the molecule is CC(C)NC(=O)c1c(-c2ccc3ccccc3c2)csc1N. The maximum absolute atomic E-state index is 12.4. The molecule has 0 fully saturated rings. The molecule has 0 saturated heterocycles. The third-order valence-corrected chi connectivity index (χ3v) is 4.34. The number of hydrogen-bond donors (Lipinski definition) is 2. The molecule has 0 spiro atoms. The lowest BCUT2D eigenvalue weighted by Crippen LogP contribution is -2.30. The Bertz CT molecular complexity index is 836. The van der Waals surface area contributed by atoms with Gasteiger partial charge in [0, 0.05) is 17.0 Å². The molecular weight excluding hydrogens is 292 g/mol. The molecule has 0 aliphatic heterocycles. The summed E-state index contributed by atoms with van der Waals surface area (Å²) in [6, 6.07) is 14.5. The molecule has 3 N–H and O–H groups in total. The molecule has 1 aromatic heterocycles. The zero-order valence-electron chi connectivity index (χ0n) is 12.6. The Morgan fingerprint density at radius 1 is 1.14 bits per heavy atom. The molecule has 4 heteroatoms. The van der Waals surface area contributed by atoms with E-state index < -0.39 is 0 Å². The number of rotatable bonds is 3. The van der Waals surface area contributed by atoms with E-state index in [0.29, 0.717) is 10.6 Å². The smallest absolute Gasteiger partial charge is 0.255 e. The van der Waals surface area contributed by atoms with Crippen molar-refractivity contribution >= 4 is 33.0 Å². The van der Waals surface area contributed by atoms with Crippen molar-refractivity contribution in [1.82, 2.24) is 5.32 Å². The van der Waals surface area contributed by atoms with Gasteiger partial charge >= 0.3 is 0 Å². The number of anilines is 1. The summed E-state index contributed by atoms with van der Waals surface area (Å²) in [5.41, 5.74) is 8.51. The van der Waals surface area contributed by atoms with Crippen molar-refractivity contribution in [2.24, 2.45) is 0 Å². The molecule has 3 aromatic rings. The molecule has 1 amide bonds. The average molecular weight is 310 g/mol. The van der Waals surface area contributed by atoms with Crippen LogP contribution in [0.5, 0.6) is 0 Å². The Morgan fingerprint density at radius 3 is 2.59 bits per heavy atom. The molecule has 2 aromatic carbocycles. The van der Waals surface area contributed by atoms with E-state index in [-0.39, 0.29) is 11.9 Å². The minimum absolute atomic E-state index is 0.0799. The number of nitrogens with one attached hydrogen (secondary N) is 1. The first kappa shape index (κ1) is 14.6. The van der Waals surface area contributed by atoms with Gasteiger partial charge in [-0.3, -0.25) is 4.79 Å². The van der Waals surface area contributed by atoms with Gasteiger partial charge in [-0.15, -0.1) is 11.3 Å². The molecule has 0 saturated carbocycles. The summed E-state index contributed by atoms with van der Waals surface area (Å²) in [6.07, 6.45) is 0. The van der Waals surface area contributed by atoms with Crippen molar-refractivity contribution in [2.45, 2.75) is 19.9 Å². The van der Waals surface area contributed by atoms with E-state index in [4.69, 9.17) is 5.73 Å². The van der Waals surface area contributed by atoms with Gasteiger partial charge in [0.05, 0.1) is 10.6 Å². The van der Waals surface area contributed by atoms with Crippen LogP contribution in [0.15, 0.2) is 47.8 Å². The van der Waals surface area contributed by atoms with Gasteiger partial charge < -0.3 is 11.1 Å². The molecular formula is C18H18N2OS. The van der Waals surface area contributed by atoms with Crippen LogP contribution < -0.4 is 11.1 Å². The van der Waals surface area contributed by atoms with Crippen LogP contribution in [0.2, 0.25) is 0 Å². The van der Waals surface area contributed by atoms with E-state index in [1.165, 1.54) is 16.7 Å². The molecule has 112 valence electrons. The van der Waals surface area contributed by atoms with Crippen LogP contribution in [-0.4, -0.2) is 11.9 Å². The highest BCUT2D eigenvalue weighted by molar-refractivity contribution is 7.15. The lowest BCUT2D eigenvalue weighted by Gasteiger charge is -2.10. The molecule has 3 nitrogen and oxygen atoms in total. The van der Waals surface area contributed by atoms with E-state index in [2.05, 4.69) is 29.6 Å². The number of hydrogen-bond acceptors (Lipinski definition) is 3. The summed E-state index contributed by atoms with van der Waals surface area (Å²) < 4.78 is 0. The fourth-order valence-corrected chi connectivity index (χ4v) is 3.33. The third-order valence-electron chi connectivity index (χ3n) is 3.53. The van der Waals surface area contributed by atoms with Crippen molar-refractivity contribution in [3.05, 3.63) is 53.4 Å². The third kappa shape index (κ3) is 2.70. The number of nitrogens with two attached hydrogens (primary N) is 1. The van der Waals surface area contributed by atoms with E-state index >= 15 is 0 Å². The Balaban J connectivity index is 2.09. The lowest BCUT2D eigenvalue weighted by atomic mass is 10.00. The fraction of sp³-hybridized carbons (Fsp3) is 0.167. The number of nitrogen functional groups attached to an aromatic ring is 1. The van der Waals surface area contributed by atoms with Crippen molar-refractivity contribution < 1.29 is 4.79 Å². The van der Waals surface area contributed by atoms with Crippen molar-refractivity contribution in [3.8, 4) is 11.1 Å². The van der Waals surface area contributed by atoms with Gasteiger partial charge in [0.2, 0.25) is 0 Å². The zero-order valence-corrected chi connectivity index (χ0v) is 13.4. The minimum atomic E-state index is -0.114. The number of thiophene rings is 1. The Labute approximate surface area is 133 Å². The Hall–Kier alpha value is -2.33. The maximum atomic E-state index is 12.4. The molecule has 3 rings (SSSR count). The number of fused-ring (bicyclic) bond motifs is 1. The maximum Gasteiger partial charge on any atom is 0.255 e. The summed E-state index contributed by atoms with van der Waals surface area (Å²) in [7, 11) is 0. The number of amides is 1. The highest BCUT2D eigenvalue weighted by Crippen LogP contribution is 2.35. The van der Waals surface area contributed by atoms with Crippen molar-refractivity contribution in [2.75, 3.05) is 5.73 Å². The van der Waals surface area contributed by atoms with E-state index in [0.717, 1.165) is 16.5 Å². The van der Waals surface area contributed by atoms with Crippen LogP contribution >= 0.6 is 11.3 Å². The van der Waals surface area contributed by atoms with Gasteiger partial charge in [-0.25, -0.2) is 0 Å². The summed E-state index contributed by atoms with van der Waals surface area (Å²) in [5.74, 6) is -0.114. The topological polar surface area (TPSA) is 55.1 Å². The zero-order chi connectivity index (χ0) is 15.7. The summed E-state index contributed by atoms with van der Waals surface area (Å²) in [6.45, 7) is 3.88. The second-order valence-electron chi connectivity index (χ2n) is 5.58. The second-order valence-corrected chi connectivity index (χ2v) is 6.49. The predicted octanol–water partition coefficient (Wildman–Crippen LogP) is 4.29. The molecule has 0 atom stereocenters. The van der Waals surface area contributed by atoms with Gasteiger partial charge in [0.1, 0.15) is 0 Å². The summed E-state index contributed by atoms with van der Waals surface area (Å²) in [4.78, 5) is 12.4. The van der Waals surface area contributed by atoms with Crippen LogP contribution in [-0.2, 0) is 0 Å². The van der Waals surface area contributed by atoms with Crippen LogP contribution in [0.1, 0.15) is 24.2 Å². The standard InChI is InChI=1S/C18H18N2OS/c1-11(2)20-18(21)16-15(10-22-17(16)19)14-8-7-12-5-3-4-6-13(12)9-14/h3-11H,19H2,1-2H3,(H,20,21). The van der Waals surface area contributed by atoms with Crippen molar-refractivity contribution in [3.63, 3.8) is 0 Å². The first-order valence-electron chi connectivity index (χ1n) is 7.23. The van der Waals surface area contributed by atoms with E-state index in [9.17, 15) is 4.79 Å². The van der Waals surface area contributed by atoms with Crippen LogP contribution in [0, 0.1) is 0 Å². The van der Waals surface area contributed by atoms with Gasteiger partial charge in [-0.1, -0.05) is 36.4 Å². The summed E-state index contributed by atoms with van der Waals surface area (Å²) in [5, 5.41) is 7.77. The van der Waals surface area contributed by atoms with Crippen LogP contribution in [0.25, 0.3) is 21.9 Å². The van der Waals surface area contributed by atoms with E-state index in [1.807, 2.05) is 37.4 Å². The van der Waals surface area contributed by atoms with Crippen LogP contribution in [0.3, 0.4) is 0 Å². The fourth-order valence-electron chi connectivity index (χ4n) is 2.51. The molecule has 1 heterocycles. The Morgan fingerprint density at radius 2 is 1.86 bits per heavy atom. The largest absolute Gasteiger partial charge is 0.390 e. The van der Waals surface area contributed by atoms with Gasteiger partial charge in [0.25, 0.3) is 5.91 Å². The average Bonchev–Trinajstić information content (AvgIpc) is 2.88. The summed E-state index contributed by atoms with van der Waals surface area (Å²) >= 11 is 1.40. The van der Waals surface area contributed by atoms with Gasteiger partial charge in [-0.2, -0.15) is 0 Å². The van der Waals surface area contributed by atoms with E-state index in [1.54, 1.807) is 0 Å². The number of carbonyl (C=O) groups is 1. The molecule has 0 bridgehead atoms. The second kappa shape index (κ2) is 5.81. The first-order chi connectivity index (χ1) is 10.6. The molecule has 0 radical (unpaired) electrons. The highest BCUT2D eigenvalue weighted by Gasteiger charge is 2.19. The lowest BCUT2D eigenvalue weighted by molar-refractivity contribution is 0.0945. The molecule has 0 aliphatic carbocycles. The normalized spacial score (nSPS) is 11.0. The highest BCUT2D eigenvalue weighted by atomic mass is 32.1. The van der Waals surface area contributed by atoms with Crippen molar-refractivity contribution in [1.29, 1.82) is 0 Å². The molecule has 22 heavy (non-hydrogen) atoms. The number of benzene rings is 2. The number of carbonyl (C=O) groups excluding carboxylic acids is 1.